The smallest absolute Gasteiger partial charge is 0.211 e. The highest BCUT2D eigenvalue weighted by Crippen LogP contribution is 2.01. The molecule has 0 bridgehead atoms. The van der Waals surface area contributed by atoms with Crippen LogP contribution in [0.25, 0.3) is 0 Å². The molecule has 1 aromatic carbocycles. The predicted molar refractivity (Wildman–Crippen MR) is 77.4 cm³/mol. The molecule has 1 rings (SSSR count). The van der Waals surface area contributed by atoms with Crippen molar-refractivity contribution in [3.63, 3.8) is 0 Å². The Balaban J connectivity index is 0.00000289. The minimum absolute atomic E-state index is 0. The molecule has 18 heavy (non-hydrogen) atoms. The minimum atomic E-state index is -3.19. The summed E-state index contributed by atoms with van der Waals surface area (Å²) >= 11 is 0. The Kier molecular flexibility index (Phi) is 8.18. The predicted octanol–water partition coefficient (Wildman–Crippen LogP) is 1.17. The van der Waals surface area contributed by atoms with E-state index in [-0.39, 0.29) is 24.1 Å². The van der Waals surface area contributed by atoms with Gasteiger partial charge in [0, 0.05) is 6.54 Å². The van der Waals surface area contributed by atoms with Crippen molar-refractivity contribution in [3.05, 3.63) is 35.9 Å². The lowest BCUT2D eigenvalue weighted by atomic mass is 10.2. The van der Waals surface area contributed by atoms with Gasteiger partial charge in [0.25, 0.3) is 0 Å². The van der Waals surface area contributed by atoms with E-state index < -0.39 is 10.0 Å². The van der Waals surface area contributed by atoms with E-state index in [1.165, 1.54) is 0 Å². The minimum Gasteiger partial charge on any atom is -0.330 e. The van der Waals surface area contributed by atoms with Crippen LogP contribution in [0.3, 0.4) is 0 Å². The summed E-state index contributed by atoms with van der Waals surface area (Å²) in [6.07, 6.45) is 0.535. The van der Waals surface area contributed by atoms with Crippen molar-refractivity contribution in [1.29, 1.82) is 0 Å². The topological polar surface area (TPSA) is 72.2 Å². The Morgan fingerprint density at radius 3 is 2.44 bits per heavy atom. The van der Waals surface area contributed by atoms with Crippen molar-refractivity contribution in [3.8, 4) is 0 Å². The summed E-state index contributed by atoms with van der Waals surface area (Å²) in [7, 11) is -3.19. The molecule has 0 amide bonds. The molecule has 1 aromatic rings. The summed E-state index contributed by atoms with van der Waals surface area (Å²) in [6.45, 7) is 2.81. The molecule has 1 unspecified atom stereocenters. The van der Waals surface area contributed by atoms with Crippen molar-refractivity contribution in [2.24, 2.45) is 11.7 Å². The zero-order valence-corrected chi connectivity index (χ0v) is 12.1. The van der Waals surface area contributed by atoms with Gasteiger partial charge in [-0.1, -0.05) is 37.3 Å². The Morgan fingerprint density at radius 1 is 1.28 bits per heavy atom. The average Bonchev–Trinajstić information content (AvgIpc) is 2.35. The quantitative estimate of drug-likeness (QED) is 0.792. The van der Waals surface area contributed by atoms with E-state index in [1.807, 2.05) is 37.3 Å². The number of rotatable bonds is 7. The molecular weight excluding hydrogens is 272 g/mol. The summed E-state index contributed by atoms with van der Waals surface area (Å²) in [5.41, 5.74) is 6.46. The van der Waals surface area contributed by atoms with Crippen LogP contribution in [0, 0.1) is 5.92 Å². The monoisotopic (exact) mass is 292 g/mol. The van der Waals surface area contributed by atoms with Gasteiger partial charge in [-0.25, -0.2) is 13.1 Å². The normalized spacial score (nSPS) is 12.8. The van der Waals surface area contributed by atoms with E-state index in [1.54, 1.807) is 0 Å². The molecule has 3 N–H and O–H groups in total. The lowest BCUT2D eigenvalue weighted by Gasteiger charge is -2.10. The second kappa shape index (κ2) is 8.48. The van der Waals surface area contributed by atoms with E-state index >= 15 is 0 Å². The van der Waals surface area contributed by atoms with Gasteiger partial charge >= 0.3 is 0 Å². The summed E-state index contributed by atoms with van der Waals surface area (Å²) in [6, 6.07) is 9.59. The van der Waals surface area contributed by atoms with Crippen LogP contribution in [0.2, 0.25) is 0 Å². The van der Waals surface area contributed by atoms with Crippen molar-refractivity contribution in [2.75, 3.05) is 18.8 Å². The molecular formula is C12H21ClN2O2S. The van der Waals surface area contributed by atoms with Gasteiger partial charge in [0.1, 0.15) is 0 Å². The highest BCUT2D eigenvalue weighted by atomic mass is 35.5. The number of hydrogen-bond acceptors (Lipinski definition) is 3. The van der Waals surface area contributed by atoms with Crippen LogP contribution in [0.1, 0.15) is 12.5 Å². The third kappa shape index (κ3) is 6.96. The molecule has 0 heterocycles. The van der Waals surface area contributed by atoms with E-state index in [2.05, 4.69) is 4.72 Å². The Bertz CT molecular complexity index is 423. The highest BCUT2D eigenvalue weighted by molar-refractivity contribution is 7.89. The first-order valence-corrected chi connectivity index (χ1v) is 7.40. The summed E-state index contributed by atoms with van der Waals surface area (Å²) in [5.74, 6) is 0.287. The standard InChI is InChI=1S/C12H20N2O2S.ClH/c1-11(9-13)10-14-17(15,16)8-7-12-5-3-2-4-6-12;/h2-6,11,14H,7-10,13H2,1H3;1H. The molecule has 4 nitrogen and oxygen atoms in total. The molecule has 0 saturated heterocycles. The summed E-state index contributed by atoms with van der Waals surface area (Å²) < 4.78 is 25.9. The summed E-state index contributed by atoms with van der Waals surface area (Å²) in [4.78, 5) is 0. The largest absolute Gasteiger partial charge is 0.330 e. The maximum atomic E-state index is 11.7. The highest BCUT2D eigenvalue weighted by Gasteiger charge is 2.11. The van der Waals surface area contributed by atoms with Crippen LogP contribution in [-0.2, 0) is 16.4 Å². The molecule has 6 heteroatoms. The lowest BCUT2D eigenvalue weighted by Crippen LogP contribution is -2.33. The van der Waals surface area contributed by atoms with Gasteiger partial charge in [-0.3, -0.25) is 0 Å². The van der Waals surface area contributed by atoms with E-state index in [4.69, 9.17) is 5.73 Å². The van der Waals surface area contributed by atoms with Gasteiger partial charge in [0.15, 0.2) is 0 Å². The maximum absolute atomic E-state index is 11.7. The first kappa shape index (κ1) is 17.4. The SMILES string of the molecule is CC(CN)CNS(=O)(=O)CCc1ccccc1.Cl. The number of benzene rings is 1. The third-order valence-corrected chi connectivity index (χ3v) is 3.90. The molecule has 0 spiro atoms. The van der Waals surface area contributed by atoms with Gasteiger partial charge in [-0.2, -0.15) is 0 Å². The van der Waals surface area contributed by atoms with Crippen LogP contribution in [0.4, 0.5) is 0 Å². The first-order chi connectivity index (χ1) is 8.03. The van der Waals surface area contributed by atoms with E-state index in [0.29, 0.717) is 19.5 Å². The van der Waals surface area contributed by atoms with Gasteiger partial charge in [0.05, 0.1) is 5.75 Å². The van der Waals surface area contributed by atoms with E-state index in [0.717, 1.165) is 5.56 Å². The van der Waals surface area contributed by atoms with Gasteiger partial charge in [-0.15, -0.1) is 12.4 Å². The number of nitrogens with one attached hydrogen (secondary N) is 1. The molecule has 0 aliphatic heterocycles. The van der Waals surface area contributed by atoms with Crippen LogP contribution in [0.15, 0.2) is 30.3 Å². The molecule has 104 valence electrons. The number of nitrogens with two attached hydrogens (primary N) is 1. The zero-order chi connectivity index (χ0) is 12.7. The molecule has 1 atom stereocenters. The van der Waals surface area contributed by atoms with Crippen molar-refractivity contribution in [1.82, 2.24) is 4.72 Å². The molecule has 0 radical (unpaired) electrons. The Morgan fingerprint density at radius 2 is 1.89 bits per heavy atom. The van der Waals surface area contributed by atoms with Gasteiger partial charge in [0.2, 0.25) is 10.0 Å². The van der Waals surface area contributed by atoms with Crippen molar-refractivity contribution >= 4 is 22.4 Å². The van der Waals surface area contributed by atoms with Crippen molar-refractivity contribution < 1.29 is 8.42 Å². The van der Waals surface area contributed by atoms with Crippen LogP contribution in [-0.4, -0.2) is 27.3 Å². The fraction of sp³-hybridized carbons (Fsp3) is 0.500. The average molecular weight is 293 g/mol. The molecule has 0 saturated carbocycles. The lowest BCUT2D eigenvalue weighted by molar-refractivity contribution is 0.544. The fourth-order valence-electron chi connectivity index (χ4n) is 1.32. The maximum Gasteiger partial charge on any atom is 0.211 e. The van der Waals surface area contributed by atoms with Crippen LogP contribution >= 0.6 is 12.4 Å². The first-order valence-electron chi connectivity index (χ1n) is 5.75. The molecule has 0 aromatic heterocycles. The van der Waals surface area contributed by atoms with Crippen molar-refractivity contribution in [2.45, 2.75) is 13.3 Å². The number of sulfonamides is 1. The molecule has 0 fully saturated rings. The molecule has 0 aliphatic rings. The number of aryl methyl sites for hydroxylation is 1. The Hall–Kier alpha value is -0.620. The second-order valence-corrected chi connectivity index (χ2v) is 6.17. The van der Waals surface area contributed by atoms with Gasteiger partial charge in [-0.05, 0) is 24.4 Å². The van der Waals surface area contributed by atoms with Crippen LogP contribution < -0.4 is 10.5 Å². The zero-order valence-electron chi connectivity index (χ0n) is 10.5. The van der Waals surface area contributed by atoms with Crippen LogP contribution in [0.5, 0.6) is 0 Å². The molecule has 0 aliphatic carbocycles. The third-order valence-electron chi connectivity index (χ3n) is 2.56. The second-order valence-electron chi connectivity index (χ2n) is 4.24. The number of halogens is 1. The summed E-state index contributed by atoms with van der Waals surface area (Å²) in [5, 5.41) is 0. The Labute approximate surface area is 115 Å². The number of hydrogen-bond donors (Lipinski definition) is 2. The van der Waals surface area contributed by atoms with Gasteiger partial charge < -0.3 is 5.73 Å². The van der Waals surface area contributed by atoms with E-state index in [9.17, 15) is 8.42 Å². The fourth-order valence-corrected chi connectivity index (χ4v) is 2.51.